The first-order chi connectivity index (χ1) is 11.4. The highest BCUT2D eigenvalue weighted by molar-refractivity contribution is 5.71. The van der Waals surface area contributed by atoms with E-state index in [4.69, 9.17) is 4.74 Å². The van der Waals surface area contributed by atoms with Crippen LogP contribution < -0.4 is 9.67 Å². The van der Waals surface area contributed by atoms with E-state index < -0.39 is 36.6 Å². The zero-order chi connectivity index (χ0) is 17.4. The molecular weight excluding hydrogens is 316 g/mol. The van der Waals surface area contributed by atoms with E-state index in [1.54, 1.807) is 18.5 Å². The number of hydrogen-bond donors (Lipinski definition) is 3. The van der Waals surface area contributed by atoms with Crippen molar-refractivity contribution in [3.63, 3.8) is 0 Å². The molecule has 8 nitrogen and oxygen atoms in total. The molecule has 0 spiro atoms. The van der Waals surface area contributed by atoms with E-state index in [2.05, 4.69) is 4.90 Å². The number of carboxylic acids is 1. The van der Waals surface area contributed by atoms with Gasteiger partial charge in [-0.05, 0) is 32.5 Å². The Hall–Kier alpha value is -1.58. The van der Waals surface area contributed by atoms with Gasteiger partial charge in [-0.1, -0.05) is 0 Å². The van der Waals surface area contributed by atoms with Gasteiger partial charge in [0.25, 0.3) is 6.23 Å². The van der Waals surface area contributed by atoms with Crippen LogP contribution in [0.15, 0.2) is 24.5 Å². The topological polar surface area (TPSA) is 117 Å². The number of aliphatic hydroxyl groups excluding tert-OH is 3. The summed E-state index contributed by atoms with van der Waals surface area (Å²) in [5.74, 6) is -1.63. The molecule has 0 bridgehead atoms. The number of hydrogen-bond acceptors (Lipinski definition) is 7. The van der Waals surface area contributed by atoms with Crippen LogP contribution in [0.5, 0.6) is 0 Å². The number of aromatic nitrogens is 1. The van der Waals surface area contributed by atoms with Gasteiger partial charge in [0.1, 0.15) is 18.3 Å². The molecule has 0 unspecified atom stereocenters. The second kappa shape index (κ2) is 6.73. The number of nitrogens with zero attached hydrogens (tertiary/aromatic N) is 2. The Morgan fingerprint density at radius 3 is 2.71 bits per heavy atom. The highest BCUT2D eigenvalue weighted by Crippen LogP contribution is 2.30. The highest BCUT2D eigenvalue weighted by atomic mass is 16.6. The quantitative estimate of drug-likeness (QED) is 0.520. The Bertz CT molecular complexity index is 612. The fraction of sp³-hybridized carbons (Fsp3) is 0.625. The van der Waals surface area contributed by atoms with Gasteiger partial charge in [0, 0.05) is 17.7 Å². The zero-order valence-corrected chi connectivity index (χ0v) is 13.4. The molecule has 3 N–H and O–H groups in total. The molecule has 0 saturated carbocycles. The molecule has 2 fully saturated rings. The maximum Gasteiger partial charge on any atom is 0.292 e. The lowest BCUT2D eigenvalue weighted by Gasteiger charge is -2.37. The Labute approximate surface area is 139 Å². The number of pyridine rings is 1. The number of carboxylic acid groups (broad SMARTS) is 1. The Kier molecular flexibility index (Phi) is 4.84. The van der Waals surface area contributed by atoms with Gasteiger partial charge in [-0.3, -0.25) is 4.90 Å². The maximum absolute atomic E-state index is 11.1. The van der Waals surface area contributed by atoms with Gasteiger partial charge in [0.05, 0.1) is 5.97 Å². The molecule has 24 heavy (non-hydrogen) atoms. The van der Waals surface area contributed by atoms with Crippen LogP contribution in [0.1, 0.15) is 30.7 Å². The molecule has 2 saturated heterocycles. The molecule has 2 aliphatic heterocycles. The Balaban J connectivity index is 1.88. The summed E-state index contributed by atoms with van der Waals surface area (Å²) in [6, 6.07) is 3.98. The van der Waals surface area contributed by atoms with Crippen LogP contribution in [0, 0.1) is 0 Å². The summed E-state index contributed by atoms with van der Waals surface area (Å²) in [6.07, 6.45) is -2.18. The summed E-state index contributed by atoms with van der Waals surface area (Å²) in [4.78, 5) is 13.3. The third kappa shape index (κ3) is 3.03. The van der Waals surface area contributed by atoms with Gasteiger partial charge in [0.15, 0.2) is 18.5 Å². The van der Waals surface area contributed by atoms with Crippen LogP contribution in [0.4, 0.5) is 0 Å². The first-order valence-electron chi connectivity index (χ1n) is 8.01. The lowest BCUT2D eigenvalue weighted by Crippen LogP contribution is -2.65. The minimum Gasteiger partial charge on any atom is -0.547 e. The zero-order valence-electron chi connectivity index (χ0n) is 13.4. The number of carbonyl (C=O) groups excluding carboxylic acids is 1. The molecule has 6 atom stereocenters. The largest absolute Gasteiger partial charge is 0.547 e. The lowest BCUT2D eigenvalue weighted by molar-refractivity contribution is -0.777. The van der Waals surface area contributed by atoms with E-state index >= 15 is 0 Å². The van der Waals surface area contributed by atoms with Gasteiger partial charge in [-0.25, -0.2) is 0 Å². The molecule has 0 amide bonds. The molecule has 1 aromatic rings. The first kappa shape index (κ1) is 17.2. The number of rotatable bonds is 3. The summed E-state index contributed by atoms with van der Waals surface area (Å²) in [7, 11) is 2.03. The van der Waals surface area contributed by atoms with E-state index in [1.807, 2.05) is 13.1 Å². The summed E-state index contributed by atoms with van der Waals surface area (Å²) >= 11 is 0. The highest BCUT2D eigenvalue weighted by Gasteiger charge is 2.48. The number of ether oxygens (including phenoxy) is 1. The molecule has 1 aromatic heterocycles. The van der Waals surface area contributed by atoms with E-state index in [0.29, 0.717) is 0 Å². The molecule has 3 heterocycles. The van der Waals surface area contributed by atoms with Crippen molar-refractivity contribution in [1.82, 2.24) is 4.90 Å². The van der Waals surface area contributed by atoms with Crippen molar-refractivity contribution in [2.24, 2.45) is 0 Å². The molecule has 0 aliphatic carbocycles. The van der Waals surface area contributed by atoms with Crippen molar-refractivity contribution in [1.29, 1.82) is 0 Å². The fourth-order valence-corrected chi connectivity index (χ4v) is 3.50. The van der Waals surface area contributed by atoms with Gasteiger partial charge in [-0.15, -0.1) is 0 Å². The van der Waals surface area contributed by atoms with Crippen LogP contribution in [0.25, 0.3) is 0 Å². The van der Waals surface area contributed by atoms with Gasteiger partial charge < -0.3 is 30.0 Å². The normalized spacial score (nSPS) is 37.5. The Morgan fingerprint density at radius 1 is 1.33 bits per heavy atom. The van der Waals surface area contributed by atoms with Crippen molar-refractivity contribution in [2.45, 2.75) is 49.5 Å². The molecular formula is C16H22N2O6. The number of aliphatic hydroxyl groups is 3. The van der Waals surface area contributed by atoms with Crippen molar-refractivity contribution >= 4 is 5.97 Å². The summed E-state index contributed by atoms with van der Waals surface area (Å²) in [6.45, 7) is 1.000. The average Bonchev–Trinajstić information content (AvgIpc) is 2.99. The third-order valence-electron chi connectivity index (χ3n) is 4.86. The molecule has 0 radical (unpaired) electrons. The molecule has 3 rings (SSSR count). The molecule has 2 aliphatic rings. The van der Waals surface area contributed by atoms with Crippen molar-refractivity contribution in [2.75, 3.05) is 13.6 Å². The van der Waals surface area contributed by atoms with Crippen LogP contribution in [0.2, 0.25) is 0 Å². The summed E-state index contributed by atoms with van der Waals surface area (Å²) < 4.78 is 6.83. The first-order valence-corrected chi connectivity index (χ1v) is 8.01. The van der Waals surface area contributed by atoms with Crippen LogP contribution >= 0.6 is 0 Å². The molecule has 132 valence electrons. The number of carbonyl (C=O) groups is 1. The SMILES string of the molecule is CN1CCC[C@H]1c1ccc[n+]([C@H]2O[C@H](C(=O)[O-])[C@@H](O)[C@H](O)[C@H]2O)c1. The maximum atomic E-state index is 11.1. The standard InChI is InChI=1S/C16H22N2O6/c1-17-6-3-5-10(17)9-4-2-7-18(8-9)15-13(21)11(19)12(20)14(24-15)16(22)23/h2,4,7-8,10-15,19-21H,3,5-6H2,1H3/t10-,11-,12-,13+,14-,15-/m0/s1. The number of aliphatic carboxylic acids is 1. The van der Waals surface area contributed by atoms with Crippen LogP contribution in [-0.2, 0) is 9.53 Å². The van der Waals surface area contributed by atoms with E-state index in [1.165, 1.54) is 4.57 Å². The van der Waals surface area contributed by atoms with E-state index in [-0.39, 0.29) is 6.04 Å². The lowest BCUT2D eigenvalue weighted by atomic mass is 9.97. The summed E-state index contributed by atoms with van der Waals surface area (Å²) in [5.41, 5.74) is 1.01. The second-order valence-corrected chi connectivity index (χ2v) is 6.46. The third-order valence-corrected chi connectivity index (χ3v) is 4.86. The molecule has 0 aromatic carbocycles. The minimum absolute atomic E-state index is 0.241. The summed E-state index contributed by atoms with van der Waals surface area (Å²) in [5, 5.41) is 41.0. The minimum atomic E-state index is -1.74. The van der Waals surface area contributed by atoms with Crippen LogP contribution in [0.3, 0.4) is 0 Å². The monoisotopic (exact) mass is 338 g/mol. The van der Waals surface area contributed by atoms with Crippen molar-refractivity contribution < 1.29 is 34.5 Å². The predicted octanol–water partition coefficient (Wildman–Crippen LogP) is -2.53. The van der Waals surface area contributed by atoms with E-state index in [9.17, 15) is 25.2 Å². The van der Waals surface area contributed by atoms with Crippen LogP contribution in [-0.4, -0.2) is 64.2 Å². The van der Waals surface area contributed by atoms with Gasteiger partial charge in [-0.2, -0.15) is 4.57 Å². The Morgan fingerprint density at radius 2 is 2.08 bits per heavy atom. The van der Waals surface area contributed by atoms with E-state index in [0.717, 1.165) is 24.9 Å². The van der Waals surface area contributed by atoms with Crippen molar-refractivity contribution in [3.05, 3.63) is 30.1 Å². The molecule has 8 heteroatoms. The fourth-order valence-electron chi connectivity index (χ4n) is 3.50. The smallest absolute Gasteiger partial charge is 0.292 e. The van der Waals surface area contributed by atoms with Gasteiger partial charge >= 0.3 is 0 Å². The predicted molar refractivity (Wildman–Crippen MR) is 78.2 cm³/mol. The second-order valence-electron chi connectivity index (χ2n) is 6.46. The average molecular weight is 338 g/mol. The van der Waals surface area contributed by atoms with Crippen molar-refractivity contribution in [3.8, 4) is 0 Å². The number of likely N-dealkylation sites (tertiary alicyclic amines) is 1. The van der Waals surface area contributed by atoms with Gasteiger partial charge in [0.2, 0.25) is 0 Å².